The van der Waals surface area contributed by atoms with E-state index in [2.05, 4.69) is 5.10 Å². The van der Waals surface area contributed by atoms with Crippen LogP contribution >= 0.6 is 0 Å². The number of benzene rings is 1. The molecular weight excluding hydrogens is 435 g/mol. The highest BCUT2D eigenvalue weighted by atomic mass is 19.4. The Balaban J connectivity index is 1.78. The molecule has 0 bridgehead atoms. The molecule has 0 N–H and O–H groups in total. The van der Waals surface area contributed by atoms with Gasteiger partial charge in [0.15, 0.2) is 5.69 Å². The van der Waals surface area contributed by atoms with E-state index in [1.165, 1.54) is 4.90 Å². The Morgan fingerprint density at radius 3 is 2.30 bits per heavy atom. The minimum atomic E-state index is -4.75. The van der Waals surface area contributed by atoms with E-state index in [1.807, 2.05) is 25.7 Å². The predicted octanol–water partition coefficient (Wildman–Crippen LogP) is 3.22. The molecular formula is C23H30F3N5O2. The lowest BCUT2D eigenvalue weighted by Gasteiger charge is -2.25. The molecule has 0 atom stereocenters. The predicted molar refractivity (Wildman–Crippen MR) is 118 cm³/mol. The summed E-state index contributed by atoms with van der Waals surface area (Å²) in [5.74, 6) is -0.684. The van der Waals surface area contributed by atoms with Crippen molar-refractivity contribution in [2.45, 2.75) is 33.4 Å². The molecule has 0 saturated carbocycles. The Bertz CT molecular complexity index is 967. The van der Waals surface area contributed by atoms with Crippen LogP contribution in [0.2, 0.25) is 0 Å². The van der Waals surface area contributed by atoms with Crippen molar-refractivity contribution >= 4 is 11.8 Å². The second-order valence-corrected chi connectivity index (χ2v) is 8.14. The molecule has 3 rings (SSSR count). The Morgan fingerprint density at radius 2 is 1.70 bits per heavy atom. The monoisotopic (exact) mass is 465 g/mol. The van der Waals surface area contributed by atoms with Gasteiger partial charge in [0.2, 0.25) is 5.91 Å². The second kappa shape index (κ2) is 10.4. The van der Waals surface area contributed by atoms with Crippen molar-refractivity contribution in [1.29, 1.82) is 0 Å². The number of rotatable bonds is 6. The lowest BCUT2D eigenvalue weighted by Crippen LogP contribution is -2.42. The SMILES string of the molecule is CCN(CC)C(=O)CN1CCCN(C(=O)c2cnn(-c3ccc(C)cc3)c2C(F)(F)F)CC1. The average molecular weight is 466 g/mol. The summed E-state index contributed by atoms with van der Waals surface area (Å²) in [4.78, 5) is 30.6. The minimum Gasteiger partial charge on any atom is -0.342 e. The summed E-state index contributed by atoms with van der Waals surface area (Å²) >= 11 is 0. The van der Waals surface area contributed by atoms with Crippen LogP contribution in [0.3, 0.4) is 0 Å². The maximum absolute atomic E-state index is 14.0. The van der Waals surface area contributed by atoms with Crippen molar-refractivity contribution in [2.24, 2.45) is 0 Å². The van der Waals surface area contributed by atoms with Crippen LogP contribution in [0.25, 0.3) is 5.69 Å². The smallest absolute Gasteiger partial charge is 0.342 e. The van der Waals surface area contributed by atoms with Crippen LogP contribution in [-0.4, -0.2) is 82.1 Å². The summed E-state index contributed by atoms with van der Waals surface area (Å²) in [5.41, 5.74) is -0.391. The van der Waals surface area contributed by atoms with Gasteiger partial charge in [-0.05, 0) is 39.3 Å². The summed E-state index contributed by atoms with van der Waals surface area (Å²) < 4.78 is 42.7. The van der Waals surface area contributed by atoms with E-state index >= 15 is 0 Å². The van der Waals surface area contributed by atoms with Gasteiger partial charge in [0.1, 0.15) is 0 Å². The Hall–Kier alpha value is -2.88. The van der Waals surface area contributed by atoms with Gasteiger partial charge in [-0.1, -0.05) is 17.7 Å². The van der Waals surface area contributed by atoms with E-state index in [0.29, 0.717) is 39.1 Å². The van der Waals surface area contributed by atoms with Gasteiger partial charge in [-0.15, -0.1) is 0 Å². The van der Waals surface area contributed by atoms with Gasteiger partial charge in [0, 0.05) is 39.3 Å². The van der Waals surface area contributed by atoms with Crippen LogP contribution in [0.5, 0.6) is 0 Å². The van der Waals surface area contributed by atoms with Gasteiger partial charge in [0.25, 0.3) is 5.91 Å². The Kier molecular flexibility index (Phi) is 7.78. The van der Waals surface area contributed by atoms with Crippen LogP contribution < -0.4 is 0 Å². The molecule has 7 nitrogen and oxygen atoms in total. The molecule has 180 valence electrons. The van der Waals surface area contributed by atoms with E-state index < -0.39 is 23.3 Å². The van der Waals surface area contributed by atoms with Crippen molar-refractivity contribution < 1.29 is 22.8 Å². The third kappa shape index (κ3) is 5.73. The van der Waals surface area contributed by atoms with Crippen LogP contribution in [-0.2, 0) is 11.0 Å². The molecule has 1 aromatic heterocycles. The Labute approximate surface area is 191 Å². The third-order valence-electron chi connectivity index (χ3n) is 5.90. The number of hydrogen-bond acceptors (Lipinski definition) is 4. The average Bonchev–Trinajstić information content (AvgIpc) is 3.10. The number of aryl methyl sites for hydroxylation is 1. The molecule has 0 aliphatic carbocycles. The number of alkyl halides is 3. The fraction of sp³-hybridized carbons (Fsp3) is 0.522. The van der Waals surface area contributed by atoms with E-state index in [4.69, 9.17) is 0 Å². The molecule has 1 aliphatic rings. The molecule has 0 radical (unpaired) electrons. The van der Waals surface area contributed by atoms with E-state index in [9.17, 15) is 22.8 Å². The number of hydrogen-bond donors (Lipinski definition) is 0. The molecule has 33 heavy (non-hydrogen) atoms. The molecule has 1 aromatic carbocycles. The molecule has 1 saturated heterocycles. The third-order valence-corrected chi connectivity index (χ3v) is 5.90. The molecule has 0 spiro atoms. The maximum atomic E-state index is 14.0. The van der Waals surface area contributed by atoms with Crippen LogP contribution in [0.15, 0.2) is 30.5 Å². The van der Waals surface area contributed by atoms with Crippen molar-refractivity contribution in [3.8, 4) is 5.69 Å². The standard InChI is InChI=1S/C23H30F3N5O2/c1-4-29(5-2)20(32)16-28-11-6-12-30(14-13-28)22(33)19-15-27-31(21(19)23(24,25)26)18-9-7-17(3)8-10-18/h7-10,15H,4-6,11-14,16H2,1-3H3. The van der Waals surface area contributed by atoms with Crippen LogP contribution in [0.4, 0.5) is 13.2 Å². The van der Waals surface area contributed by atoms with Gasteiger partial charge >= 0.3 is 6.18 Å². The van der Waals surface area contributed by atoms with Crippen molar-refractivity contribution in [3.63, 3.8) is 0 Å². The zero-order chi connectivity index (χ0) is 24.2. The number of aromatic nitrogens is 2. The van der Waals surface area contributed by atoms with Gasteiger partial charge in [-0.25, -0.2) is 4.68 Å². The molecule has 2 aromatic rings. The van der Waals surface area contributed by atoms with Gasteiger partial charge in [-0.3, -0.25) is 14.5 Å². The highest BCUT2D eigenvalue weighted by Gasteiger charge is 2.41. The molecule has 2 heterocycles. The minimum absolute atomic E-state index is 0.0125. The highest BCUT2D eigenvalue weighted by Crippen LogP contribution is 2.34. The second-order valence-electron chi connectivity index (χ2n) is 8.14. The van der Waals surface area contributed by atoms with Crippen LogP contribution in [0, 0.1) is 6.92 Å². The molecule has 1 fully saturated rings. The summed E-state index contributed by atoms with van der Waals surface area (Å²) in [7, 11) is 0. The molecule has 2 amide bonds. The van der Waals surface area contributed by atoms with Crippen molar-refractivity contribution in [3.05, 3.63) is 47.3 Å². The molecule has 0 unspecified atom stereocenters. The topological polar surface area (TPSA) is 61.7 Å². The van der Waals surface area contributed by atoms with Gasteiger partial charge < -0.3 is 9.80 Å². The summed E-state index contributed by atoms with van der Waals surface area (Å²) in [6.45, 7) is 8.75. The number of amides is 2. The zero-order valence-corrected chi connectivity index (χ0v) is 19.2. The van der Waals surface area contributed by atoms with Crippen LogP contribution in [0.1, 0.15) is 41.9 Å². The van der Waals surface area contributed by atoms with E-state index in [0.717, 1.165) is 16.4 Å². The first-order valence-corrected chi connectivity index (χ1v) is 11.2. The van der Waals surface area contributed by atoms with E-state index in [-0.39, 0.29) is 24.7 Å². The first kappa shape index (κ1) is 24.8. The van der Waals surface area contributed by atoms with E-state index in [1.54, 1.807) is 29.2 Å². The maximum Gasteiger partial charge on any atom is 0.434 e. The number of nitrogens with zero attached hydrogens (tertiary/aromatic N) is 5. The van der Waals surface area contributed by atoms with Crippen molar-refractivity contribution in [1.82, 2.24) is 24.5 Å². The normalized spacial score (nSPS) is 15.4. The molecule has 1 aliphatic heterocycles. The first-order chi connectivity index (χ1) is 15.7. The van der Waals surface area contributed by atoms with Gasteiger partial charge in [0.05, 0.1) is 24.0 Å². The number of carbonyl (C=O) groups is 2. The number of likely N-dealkylation sites (N-methyl/N-ethyl adjacent to an activating group) is 1. The first-order valence-electron chi connectivity index (χ1n) is 11.2. The lowest BCUT2D eigenvalue weighted by molar-refractivity contribution is -0.143. The fourth-order valence-electron chi connectivity index (χ4n) is 4.03. The number of carbonyl (C=O) groups excluding carboxylic acids is 2. The Morgan fingerprint density at radius 1 is 1.03 bits per heavy atom. The fourth-order valence-corrected chi connectivity index (χ4v) is 4.03. The van der Waals surface area contributed by atoms with Crippen molar-refractivity contribution in [2.75, 3.05) is 45.8 Å². The molecule has 10 heteroatoms. The zero-order valence-electron chi connectivity index (χ0n) is 19.2. The number of halogens is 3. The van der Waals surface area contributed by atoms with Gasteiger partial charge in [-0.2, -0.15) is 18.3 Å². The summed E-state index contributed by atoms with van der Waals surface area (Å²) in [6, 6.07) is 6.48. The quantitative estimate of drug-likeness (QED) is 0.657. The summed E-state index contributed by atoms with van der Waals surface area (Å²) in [5, 5.41) is 3.90. The highest BCUT2D eigenvalue weighted by molar-refractivity contribution is 5.95. The summed E-state index contributed by atoms with van der Waals surface area (Å²) in [6.07, 6.45) is -3.18. The lowest BCUT2D eigenvalue weighted by atomic mass is 10.2. The largest absolute Gasteiger partial charge is 0.434 e.